The molecule has 0 atom stereocenters. The van der Waals surface area contributed by atoms with Crippen LogP contribution in [0.3, 0.4) is 0 Å². The van der Waals surface area contributed by atoms with Gasteiger partial charge in [0, 0.05) is 10.9 Å². The van der Waals surface area contributed by atoms with Gasteiger partial charge >= 0.3 is 0 Å². The Kier molecular flexibility index (Phi) is 3.31. The van der Waals surface area contributed by atoms with Crippen LogP contribution in [0.15, 0.2) is 29.6 Å². The molecule has 90 valence electrons. The predicted molar refractivity (Wildman–Crippen MR) is 74.4 cm³/mol. The second-order valence-electron chi connectivity index (χ2n) is 4.78. The van der Waals surface area contributed by atoms with Crippen LogP contribution >= 0.6 is 11.3 Å². The van der Waals surface area contributed by atoms with Crippen LogP contribution in [0, 0.1) is 6.92 Å². The summed E-state index contributed by atoms with van der Waals surface area (Å²) in [4.78, 5) is 4.72. The lowest BCUT2D eigenvalue weighted by Gasteiger charge is -2.20. The van der Waals surface area contributed by atoms with E-state index in [0.717, 1.165) is 10.7 Å². The average molecular weight is 246 g/mol. The van der Waals surface area contributed by atoms with Crippen molar-refractivity contribution in [3.05, 3.63) is 40.2 Å². The van der Waals surface area contributed by atoms with Crippen molar-refractivity contribution in [3.63, 3.8) is 0 Å². The molecule has 0 fully saturated rings. The monoisotopic (exact) mass is 246 g/mol. The van der Waals surface area contributed by atoms with Crippen molar-refractivity contribution >= 4 is 11.3 Å². The Bertz CT molecular complexity index is 514. The van der Waals surface area contributed by atoms with Crippen molar-refractivity contribution < 1.29 is 0 Å². The Morgan fingerprint density at radius 1 is 1.29 bits per heavy atom. The SMILES string of the molecule is CNC(C)(C)c1nc(-c2cccc(C)c2)cs1. The molecule has 0 aliphatic carbocycles. The first-order valence-corrected chi connectivity index (χ1v) is 6.63. The number of hydrogen-bond acceptors (Lipinski definition) is 3. The van der Waals surface area contributed by atoms with Crippen LogP contribution in [0.2, 0.25) is 0 Å². The molecule has 1 aromatic carbocycles. The second-order valence-corrected chi connectivity index (χ2v) is 5.64. The highest BCUT2D eigenvalue weighted by Gasteiger charge is 2.21. The number of benzene rings is 1. The number of aryl methyl sites for hydroxylation is 1. The van der Waals surface area contributed by atoms with E-state index in [1.165, 1.54) is 11.1 Å². The Hall–Kier alpha value is -1.19. The number of aromatic nitrogens is 1. The highest BCUT2D eigenvalue weighted by atomic mass is 32.1. The summed E-state index contributed by atoms with van der Waals surface area (Å²) in [6.07, 6.45) is 0. The summed E-state index contributed by atoms with van der Waals surface area (Å²) in [6.45, 7) is 6.39. The van der Waals surface area contributed by atoms with Crippen molar-refractivity contribution in [2.75, 3.05) is 7.05 Å². The maximum atomic E-state index is 4.72. The van der Waals surface area contributed by atoms with Crippen molar-refractivity contribution in [2.24, 2.45) is 0 Å². The number of hydrogen-bond donors (Lipinski definition) is 1. The summed E-state index contributed by atoms with van der Waals surface area (Å²) in [5, 5.41) is 6.53. The first-order chi connectivity index (χ1) is 8.03. The Morgan fingerprint density at radius 2 is 2.06 bits per heavy atom. The van der Waals surface area contributed by atoms with Gasteiger partial charge in [-0.25, -0.2) is 4.98 Å². The summed E-state index contributed by atoms with van der Waals surface area (Å²) < 4.78 is 0. The zero-order chi connectivity index (χ0) is 12.5. The molecule has 0 aliphatic heterocycles. The Morgan fingerprint density at radius 3 is 2.71 bits per heavy atom. The maximum absolute atomic E-state index is 4.72. The fraction of sp³-hybridized carbons (Fsp3) is 0.357. The molecule has 0 spiro atoms. The van der Waals surface area contributed by atoms with Crippen LogP contribution in [0.1, 0.15) is 24.4 Å². The standard InChI is InChI=1S/C14H18N2S/c1-10-6-5-7-11(8-10)12-9-17-13(16-12)14(2,3)15-4/h5-9,15H,1-4H3. The summed E-state index contributed by atoms with van der Waals surface area (Å²) >= 11 is 1.71. The first kappa shape index (κ1) is 12.3. The largest absolute Gasteiger partial charge is 0.309 e. The Balaban J connectivity index is 2.36. The lowest BCUT2D eigenvalue weighted by Crippen LogP contribution is -2.32. The quantitative estimate of drug-likeness (QED) is 0.895. The molecule has 1 aromatic heterocycles. The minimum absolute atomic E-state index is 0.0628. The fourth-order valence-corrected chi connectivity index (χ4v) is 2.56. The highest BCUT2D eigenvalue weighted by molar-refractivity contribution is 7.10. The maximum Gasteiger partial charge on any atom is 0.113 e. The van der Waals surface area contributed by atoms with E-state index in [4.69, 9.17) is 4.98 Å². The van der Waals surface area contributed by atoms with Crippen molar-refractivity contribution in [1.29, 1.82) is 0 Å². The van der Waals surface area contributed by atoms with Gasteiger partial charge < -0.3 is 5.32 Å². The van der Waals surface area contributed by atoms with Gasteiger partial charge in [-0.3, -0.25) is 0 Å². The number of thiazole rings is 1. The summed E-state index contributed by atoms with van der Waals surface area (Å²) in [5.74, 6) is 0. The molecule has 3 heteroatoms. The highest BCUT2D eigenvalue weighted by Crippen LogP contribution is 2.28. The van der Waals surface area contributed by atoms with E-state index in [1.54, 1.807) is 11.3 Å². The predicted octanol–water partition coefficient (Wildman–Crippen LogP) is 3.57. The summed E-state index contributed by atoms with van der Waals surface area (Å²) in [7, 11) is 1.97. The molecule has 0 saturated carbocycles. The van der Waals surface area contributed by atoms with Crippen molar-refractivity contribution in [3.8, 4) is 11.3 Å². The van der Waals surface area contributed by atoms with Gasteiger partial charge in [-0.05, 0) is 33.9 Å². The van der Waals surface area contributed by atoms with Crippen LogP contribution in [0.4, 0.5) is 0 Å². The van der Waals surface area contributed by atoms with E-state index < -0.39 is 0 Å². The van der Waals surface area contributed by atoms with Gasteiger partial charge in [-0.1, -0.05) is 23.8 Å². The molecule has 17 heavy (non-hydrogen) atoms. The van der Waals surface area contributed by atoms with Crippen LogP contribution in [-0.4, -0.2) is 12.0 Å². The minimum atomic E-state index is -0.0628. The summed E-state index contributed by atoms with van der Waals surface area (Å²) in [5.41, 5.74) is 3.47. The zero-order valence-electron chi connectivity index (χ0n) is 10.7. The summed E-state index contributed by atoms with van der Waals surface area (Å²) in [6, 6.07) is 8.46. The van der Waals surface area contributed by atoms with E-state index >= 15 is 0 Å². The second kappa shape index (κ2) is 4.59. The molecule has 1 heterocycles. The Labute approximate surface area is 107 Å². The average Bonchev–Trinajstić information content (AvgIpc) is 2.79. The molecule has 0 aliphatic rings. The van der Waals surface area contributed by atoms with Gasteiger partial charge in [-0.2, -0.15) is 0 Å². The molecule has 0 bridgehead atoms. The third-order valence-corrected chi connectivity index (χ3v) is 4.14. The molecular formula is C14H18N2S. The van der Waals surface area contributed by atoms with E-state index in [9.17, 15) is 0 Å². The molecule has 0 unspecified atom stereocenters. The first-order valence-electron chi connectivity index (χ1n) is 5.75. The number of rotatable bonds is 3. The van der Waals surface area contributed by atoms with Crippen LogP contribution in [0.5, 0.6) is 0 Å². The molecule has 2 aromatic rings. The topological polar surface area (TPSA) is 24.9 Å². The third-order valence-electron chi connectivity index (χ3n) is 2.98. The van der Waals surface area contributed by atoms with Gasteiger partial charge in [-0.15, -0.1) is 11.3 Å². The smallest absolute Gasteiger partial charge is 0.113 e. The lowest BCUT2D eigenvalue weighted by atomic mass is 10.1. The molecular weight excluding hydrogens is 228 g/mol. The van der Waals surface area contributed by atoms with E-state index in [-0.39, 0.29) is 5.54 Å². The molecule has 1 N–H and O–H groups in total. The minimum Gasteiger partial charge on any atom is -0.309 e. The van der Waals surface area contributed by atoms with E-state index in [2.05, 4.69) is 55.7 Å². The lowest BCUT2D eigenvalue weighted by molar-refractivity contribution is 0.442. The number of nitrogens with one attached hydrogen (secondary N) is 1. The van der Waals surface area contributed by atoms with E-state index in [1.807, 2.05) is 7.05 Å². The van der Waals surface area contributed by atoms with Crippen LogP contribution in [-0.2, 0) is 5.54 Å². The van der Waals surface area contributed by atoms with Crippen molar-refractivity contribution in [2.45, 2.75) is 26.3 Å². The van der Waals surface area contributed by atoms with Gasteiger partial charge in [0.15, 0.2) is 0 Å². The molecule has 0 radical (unpaired) electrons. The van der Waals surface area contributed by atoms with E-state index in [0.29, 0.717) is 0 Å². The normalized spacial score (nSPS) is 11.8. The molecule has 2 nitrogen and oxygen atoms in total. The van der Waals surface area contributed by atoms with Crippen molar-refractivity contribution in [1.82, 2.24) is 10.3 Å². The van der Waals surface area contributed by atoms with Gasteiger partial charge in [0.05, 0.1) is 11.2 Å². The molecule has 2 rings (SSSR count). The van der Waals surface area contributed by atoms with Gasteiger partial charge in [0.2, 0.25) is 0 Å². The van der Waals surface area contributed by atoms with Crippen LogP contribution in [0.25, 0.3) is 11.3 Å². The fourth-order valence-electron chi connectivity index (χ4n) is 1.60. The van der Waals surface area contributed by atoms with Gasteiger partial charge in [0.1, 0.15) is 5.01 Å². The number of nitrogens with zero attached hydrogens (tertiary/aromatic N) is 1. The zero-order valence-corrected chi connectivity index (χ0v) is 11.6. The van der Waals surface area contributed by atoms with Gasteiger partial charge in [0.25, 0.3) is 0 Å². The molecule has 0 amide bonds. The molecule has 0 saturated heterocycles. The third kappa shape index (κ3) is 2.56. The van der Waals surface area contributed by atoms with Crippen LogP contribution < -0.4 is 5.32 Å².